The first-order chi connectivity index (χ1) is 15.9. The molecule has 2 aromatic carbocycles. The van der Waals surface area contributed by atoms with E-state index in [-0.39, 0.29) is 11.3 Å². The fourth-order valence-electron chi connectivity index (χ4n) is 4.65. The standard InChI is InChI=1S/C26H29FN2O4/c1-17-4-5-18(2)21(16-17)24(30)22-23(19-6-8-20(27)9-7-19)29(26(32)25(22)31)11-3-10-28-12-14-33-15-13-28/h4-9,16,23,30H,3,10-15H2,1-2H3/p+1. The van der Waals surface area contributed by atoms with Crippen LogP contribution in [-0.4, -0.2) is 61.1 Å². The Morgan fingerprint density at radius 1 is 1.12 bits per heavy atom. The fourth-order valence-corrected chi connectivity index (χ4v) is 4.65. The Morgan fingerprint density at radius 3 is 2.52 bits per heavy atom. The number of nitrogens with one attached hydrogen (secondary N) is 1. The van der Waals surface area contributed by atoms with Crippen molar-refractivity contribution in [3.63, 3.8) is 0 Å². The lowest BCUT2D eigenvalue weighted by atomic mass is 9.93. The Kier molecular flexibility index (Phi) is 6.91. The predicted molar refractivity (Wildman–Crippen MR) is 122 cm³/mol. The summed E-state index contributed by atoms with van der Waals surface area (Å²) in [6.07, 6.45) is 0.712. The molecule has 2 fully saturated rings. The Balaban J connectivity index is 1.70. The third kappa shape index (κ3) is 4.84. The molecule has 4 rings (SSSR count). The monoisotopic (exact) mass is 453 g/mol. The number of Topliss-reactive ketones (excluding diaryl/α,β-unsaturated/α-hetero) is 1. The van der Waals surface area contributed by atoms with Crippen molar-refractivity contribution >= 4 is 17.4 Å². The third-order valence-corrected chi connectivity index (χ3v) is 6.50. The van der Waals surface area contributed by atoms with E-state index in [1.807, 2.05) is 32.0 Å². The molecular weight excluding hydrogens is 423 g/mol. The number of halogens is 1. The van der Waals surface area contributed by atoms with Crippen molar-refractivity contribution in [3.8, 4) is 0 Å². The number of hydrogen-bond acceptors (Lipinski definition) is 4. The van der Waals surface area contributed by atoms with E-state index in [1.54, 1.807) is 12.1 Å². The summed E-state index contributed by atoms with van der Waals surface area (Å²) in [6, 6.07) is 10.6. The minimum absolute atomic E-state index is 0.0547. The number of ketones is 1. The summed E-state index contributed by atoms with van der Waals surface area (Å²) in [4.78, 5) is 29.1. The van der Waals surface area contributed by atoms with Gasteiger partial charge in [-0.3, -0.25) is 9.59 Å². The number of likely N-dealkylation sites (tertiary alicyclic amines) is 1. The van der Waals surface area contributed by atoms with E-state index >= 15 is 0 Å². The molecule has 174 valence electrons. The quantitative estimate of drug-likeness (QED) is 0.400. The van der Waals surface area contributed by atoms with Gasteiger partial charge in [0.05, 0.1) is 31.4 Å². The predicted octanol–water partition coefficient (Wildman–Crippen LogP) is 2.17. The molecule has 0 radical (unpaired) electrons. The van der Waals surface area contributed by atoms with Crippen LogP contribution in [0, 0.1) is 19.7 Å². The van der Waals surface area contributed by atoms with Crippen molar-refractivity contribution in [2.75, 3.05) is 39.4 Å². The lowest BCUT2D eigenvalue weighted by Gasteiger charge is -2.27. The molecule has 7 heteroatoms. The molecule has 1 unspecified atom stereocenters. The van der Waals surface area contributed by atoms with Crippen LogP contribution < -0.4 is 4.90 Å². The number of aliphatic hydroxyl groups is 1. The maximum atomic E-state index is 13.6. The summed E-state index contributed by atoms with van der Waals surface area (Å²) in [5.74, 6) is -1.93. The zero-order valence-electron chi connectivity index (χ0n) is 19.1. The van der Waals surface area contributed by atoms with E-state index in [1.165, 1.54) is 21.9 Å². The SMILES string of the molecule is Cc1ccc(C)c(C(O)=C2C(=O)C(=O)N(CCC[NH+]3CCOCC3)C2c2ccc(F)cc2)c1. The molecule has 6 nitrogen and oxygen atoms in total. The van der Waals surface area contributed by atoms with Crippen LogP contribution in [0.5, 0.6) is 0 Å². The Bertz CT molecular complexity index is 1070. The Hall–Kier alpha value is -3.03. The van der Waals surface area contributed by atoms with E-state index < -0.39 is 23.5 Å². The van der Waals surface area contributed by atoms with Crippen LogP contribution in [-0.2, 0) is 14.3 Å². The van der Waals surface area contributed by atoms with Crippen LogP contribution >= 0.6 is 0 Å². The van der Waals surface area contributed by atoms with Gasteiger partial charge in [0.1, 0.15) is 24.7 Å². The Morgan fingerprint density at radius 2 is 1.82 bits per heavy atom. The lowest BCUT2D eigenvalue weighted by molar-refractivity contribution is -0.908. The van der Waals surface area contributed by atoms with Crippen molar-refractivity contribution < 1.29 is 28.7 Å². The number of carbonyl (C=O) groups is 2. The number of ether oxygens (including phenoxy) is 1. The molecule has 2 aliphatic heterocycles. The van der Waals surface area contributed by atoms with Crippen molar-refractivity contribution in [1.29, 1.82) is 0 Å². The number of aliphatic hydroxyl groups excluding tert-OH is 1. The van der Waals surface area contributed by atoms with Gasteiger partial charge in [0.25, 0.3) is 11.7 Å². The third-order valence-electron chi connectivity index (χ3n) is 6.50. The van der Waals surface area contributed by atoms with Crippen LogP contribution in [0.2, 0.25) is 0 Å². The van der Waals surface area contributed by atoms with Gasteiger partial charge >= 0.3 is 0 Å². The van der Waals surface area contributed by atoms with E-state index in [0.717, 1.165) is 44.0 Å². The average molecular weight is 454 g/mol. The maximum absolute atomic E-state index is 13.6. The van der Waals surface area contributed by atoms with Gasteiger partial charge in [-0.15, -0.1) is 0 Å². The van der Waals surface area contributed by atoms with Crippen LogP contribution in [0.3, 0.4) is 0 Å². The molecule has 33 heavy (non-hydrogen) atoms. The van der Waals surface area contributed by atoms with Crippen molar-refractivity contribution in [2.45, 2.75) is 26.3 Å². The molecule has 0 aromatic heterocycles. The van der Waals surface area contributed by atoms with E-state index in [9.17, 15) is 19.1 Å². The first-order valence-electron chi connectivity index (χ1n) is 11.4. The largest absolute Gasteiger partial charge is 0.507 e. The number of quaternary nitrogens is 1. The second kappa shape index (κ2) is 9.85. The summed E-state index contributed by atoms with van der Waals surface area (Å²) in [6.45, 7) is 8.29. The molecule has 1 amide bonds. The number of aryl methyl sites for hydroxylation is 2. The number of benzene rings is 2. The van der Waals surface area contributed by atoms with E-state index in [2.05, 4.69) is 0 Å². The minimum atomic E-state index is -0.759. The zero-order valence-corrected chi connectivity index (χ0v) is 19.1. The van der Waals surface area contributed by atoms with Gasteiger partial charge in [-0.1, -0.05) is 29.8 Å². The van der Waals surface area contributed by atoms with Gasteiger partial charge in [0.2, 0.25) is 0 Å². The summed E-state index contributed by atoms with van der Waals surface area (Å²) >= 11 is 0. The lowest BCUT2D eigenvalue weighted by Crippen LogP contribution is -3.14. The van der Waals surface area contributed by atoms with Gasteiger partial charge in [-0.05, 0) is 43.2 Å². The number of rotatable bonds is 6. The van der Waals surface area contributed by atoms with Crippen molar-refractivity contribution in [3.05, 3.63) is 76.1 Å². The molecule has 0 spiro atoms. The molecule has 2 N–H and O–H groups in total. The number of nitrogens with zero attached hydrogens (tertiary/aromatic N) is 1. The number of morpholine rings is 1. The zero-order chi connectivity index (χ0) is 23.5. The number of amides is 1. The molecule has 2 aliphatic rings. The molecule has 0 bridgehead atoms. The highest BCUT2D eigenvalue weighted by Gasteiger charge is 2.46. The Labute approximate surface area is 193 Å². The van der Waals surface area contributed by atoms with Crippen LogP contribution in [0.4, 0.5) is 4.39 Å². The van der Waals surface area contributed by atoms with Gasteiger partial charge in [-0.2, -0.15) is 0 Å². The summed E-state index contributed by atoms with van der Waals surface area (Å²) < 4.78 is 19.0. The van der Waals surface area contributed by atoms with Gasteiger partial charge in [-0.25, -0.2) is 4.39 Å². The number of carbonyl (C=O) groups excluding carboxylic acids is 2. The molecule has 2 aromatic rings. The smallest absolute Gasteiger partial charge is 0.295 e. The minimum Gasteiger partial charge on any atom is -0.507 e. The van der Waals surface area contributed by atoms with E-state index in [4.69, 9.17) is 4.74 Å². The van der Waals surface area contributed by atoms with Crippen LogP contribution in [0.15, 0.2) is 48.0 Å². The summed E-state index contributed by atoms with van der Waals surface area (Å²) in [5.41, 5.74) is 2.92. The highest BCUT2D eigenvalue weighted by Crippen LogP contribution is 2.40. The van der Waals surface area contributed by atoms with Gasteiger partial charge in [0.15, 0.2) is 0 Å². The van der Waals surface area contributed by atoms with E-state index in [0.29, 0.717) is 24.1 Å². The fraction of sp³-hybridized carbons (Fsp3) is 0.385. The molecule has 0 saturated carbocycles. The first kappa shape index (κ1) is 23.1. The normalized spacial score (nSPS) is 21.1. The molecule has 2 saturated heterocycles. The van der Waals surface area contributed by atoms with Crippen molar-refractivity contribution in [2.24, 2.45) is 0 Å². The summed E-state index contributed by atoms with van der Waals surface area (Å²) in [5, 5.41) is 11.2. The highest BCUT2D eigenvalue weighted by atomic mass is 19.1. The van der Waals surface area contributed by atoms with Crippen LogP contribution in [0.1, 0.15) is 34.7 Å². The highest BCUT2D eigenvalue weighted by molar-refractivity contribution is 6.46. The van der Waals surface area contributed by atoms with Crippen LogP contribution in [0.25, 0.3) is 5.76 Å². The molecular formula is C26H30FN2O4+. The molecule has 1 atom stereocenters. The molecule has 2 heterocycles. The first-order valence-corrected chi connectivity index (χ1v) is 11.4. The summed E-state index contributed by atoms with van der Waals surface area (Å²) in [7, 11) is 0. The van der Waals surface area contributed by atoms with Gasteiger partial charge in [0, 0.05) is 18.5 Å². The second-order valence-electron chi connectivity index (χ2n) is 8.83. The molecule has 0 aliphatic carbocycles. The van der Waals surface area contributed by atoms with Gasteiger partial charge < -0.3 is 19.6 Å². The maximum Gasteiger partial charge on any atom is 0.295 e. The number of hydrogen-bond donors (Lipinski definition) is 2. The van der Waals surface area contributed by atoms with Crippen molar-refractivity contribution in [1.82, 2.24) is 4.90 Å². The average Bonchev–Trinajstić information content (AvgIpc) is 3.06. The topological polar surface area (TPSA) is 71.3 Å². The second-order valence-corrected chi connectivity index (χ2v) is 8.83.